The molecular formula is C22H23NO. The SMILES string of the molecule is CCCCC#CC(c1ccc(OC)cc1)c1c[nH]c2ccccc12. The molecule has 3 aromatic rings. The molecule has 1 atom stereocenters. The van der Waals surface area contributed by atoms with Gasteiger partial charge in [0.1, 0.15) is 5.75 Å². The van der Waals surface area contributed by atoms with Crippen molar-refractivity contribution in [3.8, 4) is 17.6 Å². The van der Waals surface area contributed by atoms with Crippen LogP contribution in [0.4, 0.5) is 0 Å². The summed E-state index contributed by atoms with van der Waals surface area (Å²) in [7, 11) is 1.69. The lowest BCUT2D eigenvalue weighted by atomic mass is 9.91. The van der Waals surface area contributed by atoms with Gasteiger partial charge in [-0.25, -0.2) is 0 Å². The summed E-state index contributed by atoms with van der Waals surface area (Å²) >= 11 is 0. The van der Waals surface area contributed by atoms with Crippen molar-refractivity contribution in [3.05, 3.63) is 65.9 Å². The zero-order chi connectivity index (χ0) is 16.8. The Bertz CT molecular complexity index is 849. The molecule has 3 rings (SSSR count). The number of ether oxygens (including phenoxy) is 1. The van der Waals surface area contributed by atoms with Crippen molar-refractivity contribution < 1.29 is 4.74 Å². The van der Waals surface area contributed by atoms with Gasteiger partial charge in [-0.1, -0.05) is 49.6 Å². The maximum atomic E-state index is 5.28. The van der Waals surface area contributed by atoms with Crippen molar-refractivity contribution in [2.45, 2.75) is 32.1 Å². The standard InChI is InChI=1S/C22H23NO/c1-3-4-5-6-9-19(17-12-14-18(24-2)15-13-17)21-16-23-22-11-8-7-10-20(21)22/h7-8,10-16,19,23H,3-5H2,1-2H3. The molecule has 0 radical (unpaired) electrons. The van der Waals surface area contributed by atoms with Crippen molar-refractivity contribution >= 4 is 10.9 Å². The van der Waals surface area contributed by atoms with Crippen LogP contribution in [-0.4, -0.2) is 12.1 Å². The van der Waals surface area contributed by atoms with E-state index in [1.807, 2.05) is 12.1 Å². The molecule has 1 unspecified atom stereocenters. The molecule has 0 saturated heterocycles. The number of nitrogens with one attached hydrogen (secondary N) is 1. The third-order valence-electron chi connectivity index (χ3n) is 4.28. The Hall–Kier alpha value is -2.66. The van der Waals surface area contributed by atoms with Gasteiger partial charge in [0.05, 0.1) is 13.0 Å². The van der Waals surface area contributed by atoms with E-state index in [9.17, 15) is 0 Å². The normalized spacial score (nSPS) is 11.8. The lowest BCUT2D eigenvalue weighted by molar-refractivity contribution is 0.414. The van der Waals surface area contributed by atoms with Gasteiger partial charge in [-0.05, 0) is 35.7 Å². The predicted molar refractivity (Wildman–Crippen MR) is 100 cm³/mol. The Morgan fingerprint density at radius 2 is 1.88 bits per heavy atom. The van der Waals surface area contributed by atoms with E-state index in [1.54, 1.807) is 7.11 Å². The molecule has 0 bridgehead atoms. The molecule has 2 nitrogen and oxygen atoms in total. The van der Waals surface area contributed by atoms with Crippen LogP contribution in [0.25, 0.3) is 10.9 Å². The van der Waals surface area contributed by atoms with Gasteiger partial charge in [0.15, 0.2) is 0 Å². The Morgan fingerprint density at radius 1 is 1.08 bits per heavy atom. The molecule has 0 fully saturated rings. The van der Waals surface area contributed by atoms with Crippen molar-refractivity contribution in [3.63, 3.8) is 0 Å². The molecule has 0 saturated carbocycles. The molecule has 0 aliphatic carbocycles. The van der Waals surface area contributed by atoms with Crippen molar-refractivity contribution in [2.24, 2.45) is 0 Å². The zero-order valence-corrected chi connectivity index (χ0v) is 14.3. The fourth-order valence-electron chi connectivity index (χ4n) is 2.91. The monoisotopic (exact) mass is 317 g/mol. The number of benzene rings is 2. The van der Waals surface area contributed by atoms with E-state index in [2.05, 4.69) is 66.3 Å². The minimum atomic E-state index is 0.0731. The summed E-state index contributed by atoms with van der Waals surface area (Å²) in [5, 5.41) is 1.24. The van der Waals surface area contributed by atoms with Crippen LogP contribution in [-0.2, 0) is 0 Å². The molecule has 0 spiro atoms. The second kappa shape index (κ2) is 7.75. The van der Waals surface area contributed by atoms with Crippen LogP contribution >= 0.6 is 0 Å². The van der Waals surface area contributed by atoms with E-state index in [0.29, 0.717) is 0 Å². The summed E-state index contributed by atoms with van der Waals surface area (Å²) in [6.45, 7) is 2.20. The topological polar surface area (TPSA) is 25.0 Å². The molecule has 1 aromatic heterocycles. The van der Waals surface area contributed by atoms with Gasteiger partial charge in [0.2, 0.25) is 0 Å². The van der Waals surface area contributed by atoms with Crippen LogP contribution in [0.3, 0.4) is 0 Å². The minimum absolute atomic E-state index is 0.0731. The summed E-state index contributed by atoms with van der Waals surface area (Å²) in [5.41, 5.74) is 3.59. The highest BCUT2D eigenvalue weighted by molar-refractivity contribution is 5.84. The van der Waals surface area contributed by atoms with Crippen LogP contribution < -0.4 is 4.74 Å². The molecule has 24 heavy (non-hydrogen) atoms. The molecule has 1 N–H and O–H groups in total. The average Bonchev–Trinajstić information content (AvgIpc) is 3.06. The van der Waals surface area contributed by atoms with Crippen LogP contribution in [0.2, 0.25) is 0 Å². The first kappa shape index (κ1) is 16.2. The van der Waals surface area contributed by atoms with Gasteiger partial charge in [-0.2, -0.15) is 0 Å². The lowest BCUT2D eigenvalue weighted by Crippen LogP contribution is -1.98. The van der Waals surface area contributed by atoms with Gasteiger partial charge >= 0.3 is 0 Å². The van der Waals surface area contributed by atoms with Gasteiger partial charge < -0.3 is 9.72 Å². The number of hydrogen-bond donors (Lipinski definition) is 1. The summed E-state index contributed by atoms with van der Waals surface area (Å²) in [6, 6.07) is 16.6. The molecule has 1 heterocycles. The number of rotatable bonds is 5. The van der Waals surface area contributed by atoms with Crippen molar-refractivity contribution in [2.75, 3.05) is 7.11 Å². The number of methoxy groups -OCH3 is 1. The second-order valence-electron chi connectivity index (χ2n) is 5.92. The van der Waals surface area contributed by atoms with E-state index in [-0.39, 0.29) is 5.92 Å². The molecule has 0 aliphatic heterocycles. The quantitative estimate of drug-likeness (QED) is 0.487. The number of aromatic nitrogens is 1. The Kier molecular flexibility index (Phi) is 5.23. The lowest BCUT2D eigenvalue weighted by Gasteiger charge is -2.12. The van der Waals surface area contributed by atoms with Gasteiger partial charge in [-0.15, -0.1) is 5.92 Å². The van der Waals surface area contributed by atoms with Crippen molar-refractivity contribution in [1.82, 2.24) is 4.98 Å². The summed E-state index contributed by atoms with van der Waals surface area (Å²) in [4.78, 5) is 3.37. The first-order valence-electron chi connectivity index (χ1n) is 8.52. The Morgan fingerprint density at radius 3 is 2.62 bits per heavy atom. The maximum absolute atomic E-state index is 5.28. The Labute approximate surface area is 143 Å². The number of aromatic amines is 1. The molecule has 0 amide bonds. The number of hydrogen-bond acceptors (Lipinski definition) is 1. The second-order valence-corrected chi connectivity index (χ2v) is 5.92. The number of unbranched alkanes of at least 4 members (excludes halogenated alkanes) is 2. The van der Waals surface area contributed by atoms with Gasteiger partial charge in [0, 0.05) is 23.5 Å². The van der Waals surface area contributed by atoms with Crippen LogP contribution in [0, 0.1) is 11.8 Å². The predicted octanol–water partition coefficient (Wildman–Crippen LogP) is 5.50. The van der Waals surface area contributed by atoms with E-state index < -0.39 is 0 Å². The minimum Gasteiger partial charge on any atom is -0.497 e. The molecule has 0 aliphatic rings. The first-order valence-corrected chi connectivity index (χ1v) is 8.52. The van der Waals surface area contributed by atoms with Crippen LogP contribution in [0.15, 0.2) is 54.7 Å². The summed E-state index contributed by atoms with van der Waals surface area (Å²) in [5.74, 6) is 7.81. The molecule has 2 aromatic carbocycles. The zero-order valence-electron chi connectivity index (χ0n) is 14.3. The molecular weight excluding hydrogens is 294 g/mol. The average molecular weight is 317 g/mol. The first-order chi connectivity index (χ1) is 11.8. The third-order valence-corrected chi connectivity index (χ3v) is 4.28. The summed E-state index contributed by atoms with van der Waals surface area (Å²) in [6.07, 6.45) is 5.37. The highest BCUT2D eigenvalue weighted by Crippen LogP contribution is 2.31. The third kappa shape index (κ3) is 3.46. The molecule has 2 heteroatoms. The van der Waals surface area contributed by atoms with E-state index in [1.165, 1.54) is 22.9 Å². The molecule has 122 valence electrons. The van der Waals surface area contributed by atoms with Gasteiger partial charge in [-0.3, -0.25) is 0 Å². The fraction of sp³-hybridized carbons (Fsp3) is 0.273. The van der Waals surface area contributed by atoms with Crippen molar-refractivity contribution in [1.29, 1.82) is 0 Å². The number of H-pyrrole nitrogens is 1. The maximum Gasteiger partial charge on any atom is 0.118 e. The highest BCUT2D eigenvalue weighted by atomic mass is 16.5. The van der Waals surface area contributed by atoms with E-state index >= 15 is 0 Å². The van der Waals surface area contributed by atoms with Gasteiger partial charge in [0.25, 0.3) is 0 Å². The number of fused-ring (bicyclic) bond motifs is 1. The summed E-state index contributed by atoms with van der Waals surface area (Å²) < 4.78 is 5.28. The smallest absolute Gasteiger partial charge is 0.118 e. The highest BCUT2D eigenvalue weighted by Gasteiger charge is 2.16. The fourth-order valence-corrected chi connectivity index (χ4v) is 2.91. The van der Waals surface area contributed by atoms with Crippen LogP contribution in [0.5, 0.6) is 5.75 Å². The van der Waals surface area contributed by atoms with E-state index in [0.717, 1.165) is 24.1 Å². The Balaban J connectivity index is 2.01. The largest absolute Gasteiger partial charge is 0.497 e. The van der Waals surface area contributed by atoms with Crippen LogP contribution in [0.1, 0.15) is 43.2 Å². The number of para-hydroxylation sites is 1. The van der Waals surface area contributed by atoms with E-state index in [4.69, 9.17) is 4.74 Å².